The standard InChI is InChI=1S/C13H22N2O2S.ClH/c1-4-5-12-6-8-13(9-7-12)18(16,17)15-10-11(2)14-3;/h6-9,11,14-15H,4-5,10H2,1-3H3;1H. The number of aryl methyl sites for hydroxylation is 1. The van der Waals surface area contributed by atoms with Gasteiger partial charge < -0.3 is 5.32 Å². The molecule has 6 heteroatoms. The summed E-state index contributed by atoms with van der Waals surface area (Å²) in [5.41, 5.74) is 1.17. The molecule has 0 aliphatic heterocycles. The number of likely N-dealkylation sites (N-methyl/N-ethyl adjacent to an activating group) is 1. The third-order valence-electron chi connectivity index (χ3n) is 2.84. The van der Waals surface area contributed by atoms with E-state index in [1.807, 2.05) is 19.1 Å². The molecule has 0 saturated heterocycles. The Morgan fingerprint density at radius 2 is 1.79 bits per heavy atom. The fraction of sp³-hybridized carbons (Fsp3) is 0.538. The number of halogens is 1. The predicted molar refractivity (Wildman–Crippen MR) is 81.4 cm³/mol. The van der Waals surface area contributed by atoms with Crippen molar-refractivity contribution in [3.8, 4) is 0 Å². The van der Waals surface area contributed by atoms with Crippen LogP contribution in [0.25, 0.3) is 0 Å². The summed E-state index contributed by atoms with van der Waals surface area (Å²) < 4.78 is 26.6. The molecule has 1 atom stereocenters. The molecule has 0 fully saturated rings. The Bertz CT molecular complexity index is 460. The van der Waals surface area contributed by atoms with Crippen molar-refractivity contribution in [1.29, 1.82) is 0 Å². The van der Waals surface area contributed by atoms with E-state index in [-0.39, 0.29) is 18.4 Å². The van der Waals surface area contributed by atoms with Crippen LogP contribution in [0.5, 0.6) is 0 Å². The molecule has 1 rings (SSSR count). The number of rotatable bonds is 7. The summed E-state index contributed by atoms with van der Waals surface area (Å²) in [5.74, 6) is 0. The second kappa shape index (κ2) is 8.53. The molecule has 0 aliphatic carbocycles. The highest BCUT2D eigenvalue weighted by Gasteiger charge is 2.14. The molecule has 1 unspecified atom stereocenters. The molecule has 110 valence electrons. The van der Waals surface area contributed by atoms with Gasteiger partial charge in [0.1, 0.15) is 0 Å². The van der Waals surface area contributed by atoms with Gasteiger partial charge in [-0.1, -0.05) is 25.5 Å². The summed E-state index contributed by atoms with van der Waals surface area (Å²) in [7, 11) is -1.58. The van der Waals surface area contributed by atoms with Crippen LogP contribution in [0.2, 0.25) is 0 Å². The van der Waals surface area contributed by atoms with Crippen LogP contribution in [0, 0.1) is 0 Å². The van der Waals surface area contributed by atoms with Gasteiger partial charge in [0.05, 0.1) is 4.90 Å². The van der Waals surface area contributed by atoms with Crippen molar-refractivity contribution in [3.05, 3.63) is 29.8 Å². The summed E-state index contributed by atoms with van der Waals surface area (Å²) in [6.07, 6.45) is 2.04. The van der Waals surface area contributed by atoms with Crippen LogP contribution in [0.15, 0.2) is 29.2 Å². The van der Waals surface area contributed by atoms with E-state index in [0.29, 0.717) is 11.4 Å². The first kappa shape index (κ1) is 18.4. The lowest BCUT2D eigenvalue weighted by atomic mass is 10.1. The second-order valence-corrected chi connectivity index (χ2v) is 6.20. The summed E-state index contributed by atoms with van der Waals surface area (Å²) in [4.78, 5) is 0.325. The van der Waals surface area contributed by atoms with E-state index in [2.05, 4.69) is 17.0 Å². The smallest absolute Gasteiger partial charge is 0.240 e. The van der Waals surface area contributed by atoms with Gasteiger partial charge >= 0.3 is 0 Å². The Labute approximate surface area is 122 Å². The molecule has 2 N–H and O–H groups in total. The molecule has 0 heterocycles. The van der Waals surface area contributed by atoms with Crippen LogP contribution < -0.4 is 10.0 Å². The van der Waals surface area contributed by atoms with Crippen LogP contribution in [-0.4, -0.2) is 28.1 Å². The van der Waals surface area contributed by atoms with Gasteiger partial charge in [0.25, 0.3) is 0 Å². The molecular weight excluding hydrogens is 284 g/mol. The molecule has 0 aromatic heterocycles. The molecule has 4 nitrogen and oxygen atoms in total. The van der Waals surface area contributed by atoms with Crippen LogP contribution in [0.4, 0.5) is 0 Å². The van der Waals surface area contributed by atoms with E-state index >= 15 is 0 Å². The number of nitrogens with one attached hydrogen (secondary N) is 2. The predicted octanol–water partition coefficient (Wildman–Crippen LogP) is 1.95. The first-order valence-electron chi connectivity index (χ1n) is 6.25. The zero-order chi connectivity index (χ0) is 13.6. The number of sulfonamides is 1. The summed E-state index contributed by atoms with van der Waals surface area (Å²) >= 11 is 0. The molecular formula is C13H23ClN2O2S. The van der Waals surface area contributed by atoms with Gasteiger partial charge in [-0.25, -0.2) is 13.1 Å². The zero-order valence-corrected chi connectivity index (χ0v) is 13.3. The van der Waals surface area contributed by atoms with E-state index in [1.54, 1.807) is 19.2 Å². The summed E-state index contributed by atoms with van der Waals surface area (Å²) in [5, 5.41) is 2.99. The van der Waals surface area contributed by atoms with Crippen molar-refractivity contribution < 1.29 is 8.42 Å². The first-order valence-corrected chi connectivity index (χ1v) is 7.73. The zero-order valence-electron chi connectivity index (χ0n) is 11.6. The molecule has 0 aliphatic rings. The fourth-order valence-corrected chi connectivity index (χ4v) is 2.67. The van der Waals surface area contributed by atoms with Gasteiger partial charge in [0.15, 0.2) is 0 Å². The lowest BCUT2D eigenvalue weighted by Crippen LogP contribution is -2.37. The monoisotopic (exact) mass is 306 g/mol. The van der Waals surface area contributed by atoms with Gasteiger partial charge in [0.2, 0.25) is 10.0 Å². The molecule has 0 spiro atoms. The van der Waals surface area contributed by atoms with Crippen molar-refractivity contribution in [2.75, 3.05) is 13.6 Å². The summed E-state index contributed by atoms with van der Waals surface area (Å²) in [6.45, 7) is 4.41. The van der Waals surface area contributed by atoms with Crippen molar-refractivity contribution in [2.45, 2.75) is 37.6 Å². The lowest BCUT2D eigenvalue weighted by Gasteiger charge is -2.12. The highest BCUT2D eigenvalue weighted by molar-refractivity contribution is 7.89. The van der Waals surface area contributed by atoms with Crippen molar-refractivity contribution >= 4 is 22.4 Å². The highest BCUT2D eigenvalue weighted by atomic mass is 35.5. The number of hydrogen-bond donors (Lipinski definition) is 2. The van der Waals surface area contributed by atoms with Crippen molar-refractivity contribution in [2.24, 2.45) is 0 Å². The van der Waals surface area contributed by atoms with Gasteiger partial charge in [0, 0.05) is 12.6 Å². The van der Waals surface area contributed by atoms with E-state index < -0.39 is 10.0 Å². The molecule has 1 aromatic rings. The Morgan fingerprint density at radius 1 is 1.21 bits per heavy atom. The second-order valence-electron chi connectivity index (χ2n) is 4.44. The van der Waals surface area contributed by atoms with Crippen LogP contribution in [-0.2, 0) is 16.4 Å². The van der Waals surface area contributed by atoms with Crippen LogP contribution >= 0.6 is 12.4 Å². The average molecular weight is 307 g/mol. The minimum absolute atomic E-state index is 0. The third-order valence-corrected chi connectivity index (χ3v) is 4.28. The Balaban J connectivity index is 0.00000324. The fourth-order valence-electron chi connectivity index (χ4n) is 1.54. The molecule has 0 radical (unpaired) electrons. The third kappa shape index (κ3) is 5.91. The first-order chi connectivity index (χ1) is 8.49. The van der Waals surface area contributed by atoms with Gasteiger partial charge in [-0.05, 0) is 38.1 Å². The SMILES string of the molecule is CCCc1ccc(S(=O)(=O)NCC(C)NC)cc1.Cl. The van der Waals surface area contributed by atoms with Crippen molar-refractivity contribution in [1.82, 2.24) is 10.0 Å². The Morgan fingerprint density at radius 3 is 2.26 bits per heavy atom. The Hall–Kier alpha value is -0.620. The normalized spacial score (nSPS) is 12.8. The van der Waals surface area contributed by atoms with Gasteiger partial charge in [-0.2, -0.15) is 0 Å². The average Bonchev–Trinajstić information content (AvgIpc) is 2.37. The quantitative estimate of drug-likeness (QED) is 0.809. The maximum atomic E-state index is 12.0. The number of hydrogen-bond acceptors (Lipinski definition) is 3. The van der Waals surface area contributed by atoms with Crippen molar-refractivity contribution in [3.63, 3.8) is 0 Å². The van der Waals surface area contributed by atoms with Gasteiger partial charge in [-0.15, -0.1) is 12.4 Å². The van der Waals surface area contributed by atoms with Gasteiger partial charge in [-0.3, -0.25) is 0 Å². The maximum Gasteiger partial charge on any atom is 0.240 e. The molecule has 0 amide bonds. The molecule has 0 saturated carbocycles. The van der Waals surface area contributed by atoms with Crippen LogP contribution in [0.1, 0.15) is 25.8 Å². The maximum absolute atomic E-state index is 12.0. The topological polar surface area (TPSA) is 58.2 Å². The van der Waals surface area contributed by atoms with E-state index in [1.165, 1.54) is 5.56 Å². The minimum atomic E-state index is -3.39. The minimum Gasteiger partial charge on any atom is -0.316 e. The highest BCUT2D eigenvalue weighted by Crippen LogP contribution is 2.11. The molecule has 1 aromatic carbocycles. The van der Waals surface area contributed by atoms with Crippen LogP contribution in [0.3, 0.4) is 0 Å². The van der Waals surface area contributed by atoms with E-state index in [9.17, 15) is 8.42 Å². The largest absolute Gasteiger partial charge is 0.316 e. The molecule has 19 heavy (non-hydrogen) atoms. The summed E-state index contributed by atoms with van der Waals surface area (Å²) in [6, 6.07) is 7.19. The molecule has 0 bridgehead atoms. The lowest BCUT2D eigenvalue weighted by molar-refractivity contribution is 0.554. The van der Waals surface area contributed by atoms with E-state index in [4.69, 9.17) is 0 Å². The van der Waals surface area contributed by atoms with E-state index in [0.717, 1.165) is 12.8 Å². The number of benzene rings is 1. The Kier molecular flexibility index (Phi) is 8.25.